The van der Waals surface area contributed by atoms with Gasteiger partial charge in [-0.15, -0.1) is 0 Å². The number of para-hydroxylation sites is 1. The molecule has 2 aromatic carbocycles. The number of aryl methyl sites for hydroxylation is 1. The molecule has 0 saturated heterocycles. The van der Waals surface area contributed by atoms with Gasteiger partial charge in [0.05, 0.1) is 0 Å². The molecule has 0 aliphatic carbocycles. The summed E-state index contributed by atoms with van der Waals surface area (Å²) in [5.41, 5.74) is 10.0. The van der Waals surface area contributed by atoms with Gasteiger partial charge in [0.1, 0.15) is 11.9 Å². The van der Waals surface area contributed by atoms with Gasteiger partial charge >= 0.3 is 0 Å². The highest BCUT2D eigenvalue weighted by Gasteiger charge is 2.27. The normalized spacial score (nSPS) is 21.6. The average molecular weight is 253 g/mol. The van der Waals surface area contributed by atoms with Crippen LogP contribution in [0.15, 0.2) is 48.5 Å². The number of nitrogens with two attached hydrogens (primary N) is 1. The highest BCUT2D eigenvalue weighted by Crippen LogP contribution is 2.40. The number of benzene rings is 2. The third kappa shape index (κ3) is 2.24. The van der Waals surface area contributed by atoms with E-state index < -0.39 is 0 Å². The van der Waals surface area contributed by atoms with Gasteiger partial charge in [-0.05, 0) is 23.6 Å². The van der Waals surface area contributed by atoms with Crippen molar-refractivity contribution in [1.29, 1.82) is 0 Å². The van der Waals surface area contributed by atoms with Gasteiger partial charge in [0.2, 0.25) is 0 Å². The fraction of sp³-hybridized carbons (Fsp3) is 0.294. The topological polar surface area (TPSA) is 35.2 Å². The quantitative estimate of drug-likeness (QED) is 0.884. The van der Waals surface area contributed by atoms with E-state index in [1.807, 2.05) is 18.2 Å². The minimum absolute atomic E-state index is 0.0554. The second-order valence-electron chi connectivity index (χ2n) is 5.04. The molecule has 0 spiro atoms. The summed E-state index contributed by atoms with van der Waals surface area (Å²) >= 11 is 0. The van der Waals surface area contributed by atoms with Crippen molar-refractivity contribution >= 4 is 0 Å². The van der Waals surface area contributed by atoms with E-state index in [4.69, 9.17) is 10.5 Å². The van der Waals surface area contributed by atoms with Crippen LogP contribution in [0, 0.1) is 0 Å². The van der Waals surface area contributed by atoms with E-state index in [1.54, 1.807) is 0 Å². The summed E-state index contributed by atoms with van der Waals surface area (Å²) in [6, 6.07) is 16.6. The van der Waals surface area contributed by atoms with Crippen molar-refractivity contribution in [2.45, 2.75) is 31.9 Å². The molecule has 2 atom stereocenters. The minimum atomic E-state index is 0.0554. The fourth-order valence-electron chi connectivity index (χ4n) is 2.81. The van der Waals surface area contributed by atoms with Gasteiger partial charge in [0, 0.05) is 18.0 Å². The van der Waals surface area contributed by atoms with Crippen LogP contribution in [0.1, 0.15) is 42.2 Å². The van der Waals surface area contributed by atoms with Crippen molar-refractivity contribution in [1.82, 2.24) is 0 Å². The molecule has 2 N–H and O–H groups in total. The van der Waals surface area contributed by atoms with Gasteiger partial charge in [0.15, 0.2) is 0 Å². The first-order chi connectivity index (χ1) is 9.29. The molecule has 19 heavy (non-hydrogen) atoms. The van der Waals surface area contributed by atoms with E-state index in [0.29, 0.717) is 0 Å². The lowest BCUT2D eigenvalue weighted by Crippen LogP contribution is -2.24. The molecule has 1 heterocycles. The number of fused-ring (bicyclic) bond motifs is 1. The second-order valence-corrected chi connectivity index (χ2v) is 5.04. The summed E-state index contributed by atoms with van der Waals surface area (Å²) in [5, 5.41) is 0. The van der Waals surface area contributed by atoms with Crippen molar-refractivity contribution < 1.29 is 4.74 Å². The van der Waals surface area contributed by atoms with Crippen LogP contribution >= 0.6 is 0 Å². The largest absolute Gasteiger partial charge is 0.485 e. The molecule has 0 fully saturated rings. The lowest BCUT2D eigenvalue weighted by Gasteiger charge is -2.31. The zero-order valence-electron chi connectivity index (χ0n) is 11.2. The zero-order valence-corrected chi connectivity index (χ0v) is 11.2. The molecular formula is C17H19NO. The Morgan fingerprint density at radius 2 is 1.74 bits per heavy atom. The maximum Gasteiger partial charge on any atom is 0.126 e. The molecule has 2 heteroatoms. The summed E-state index contributed by atoms with van der Waals surface area (Å²) in [6.45, 7) is 2.18. The Balaban J connectivity index is 1.97. The van der Waals surface area contributed by atoms with Crippen LogP contribution < -0.4 is 10.5 Å². The highest BCUT2D eigenvalue weighted by atomic mass is 16.5. The molecule has 2 nitrogen and oxygen atoms in total. The Morgan fingerprint density at radius 1 is 1.05 bits per heavy atom. The van der Waals surface area contributed by atoms with Crippen molar-refractivity contribution in [3.63, 3.8) is 0 Å². The molecule has 2 unspecified atom stereocenters. The van der Waals surface area contributed by atoms with E-state index in [1.165, 1.54) is 11.1 Å². The third-order valence-corrected chi connectivity index (χ3v) is 3.84. The molecule has 0 saturated carbocycles. The summed E-state index contributed by atoms with van der Waals surface area (Å²) in [7, 11) is 0. The predicted molar refractivity (Wildman–Crippen MR) is 77.2 cm³/mol. The van der Waals surface area contributed by atoms with Crippen molar-refractivity contribution in [3.8, 4) is 5.75 Å². The van der Waals surface area contributed by atoms with E-state index in [2.05, 4.69) is 37.3 Å². The molecule has 2 aromatic rings. The SMILES string of the molecule is CCc1ccccc1C1CC(N)c2ccccc2O1. The molecule has 1 aliphatic heterocycles. The lowest BCUT2D eigenvalue weighted by molar-refractivity contribution is 0.160. The van der Waals surface area contributed by atoms with Crippen molar-refractivity contribution in [2.24, 2.45) is 5.73 Å². The van der Waals surface area contributed by atoms with Crippen molar-refractivity contribution in [3.05, 3.63) is 65.2 Å². The Bertz CT molecular complexity index is 579. The van der Waals surface area contributed by atoms with Gasteiger partial charge in [-0.2, -0.15) is 0 Å². The fourth-order valence-corrected chi connectivity index (χ4v) is 2.81. The van der Waals surface area contributed by atoms with Crippen LogP contribution in [0.5, 0.6) is 5.75 Å². The van der Waals surface area contributed by atoms with Crippen LogP contribution in [0.3, 0.4) is 0 Å². The second kappa shape index (κ2) is 5.06. The first-order valence-electron chi connectivity index (χ1n) is 6.88. The maximum atomic E-state index is 6.29. The van der Waals surface area contributed by atoms with Gasteiger partial charge in [0.25, 0.3) is 0 Å². The molecule has 3 rings (SSSR count). The number of rotatable bonds is 2. The lowest BCUT2D eigenvalue weighted by atomic mass is 9.91. The summed E-state index contributed by atoms with van der Waals surface area (Å²) in [4.78, 5) is 0. The van der Waals surface area contributed by atoms with E-state index in [9.17, 15) is 0 Å². The van der Waals surface area contributed by atoms with E-state index >= 15 is 0 Å². The van der Waals surface area contributed by atoms with Crippen LogP contribution in [-0.2, 0) is 6.42 Å². The maximum absolute atomic E-state index is 6.29. The van der Waals surface area contributed by atoms with E-state index in [0.717, 1.165) is 24.2 Å². The van der Waals surface area contributed by atoms with Gasteiger partial charge in [-0.25, -0.2) is 0 Å². The third-order valence-electron chi connectivity index (χ3n) is 3.84. The molecule has 0 radical (unpaired) electrons. The van der Waals surface area contributed by atoms with Gasteiger partial charge in [-0.3, -0.25) is 0 Å². The van der Waals surface area contributed by atoms with Crippen LogP contribution in [0.25, 0.3) is 0 Å². The smallest absolute Gasteiger partial charge is 0.126 e. The molecule has 0 amide bonds. The van der Waals surface area contributed by atoms with Crippen LogP contribution in [-0.4, -0.2) is 0 Å². The molecular weight excluding hydrogens is 234 g/mol. The zero-order chi connectivity index (χ0) is 13.2. The van der Waals surface area contributed by atoms with Crippen LogP contribution in [0.4, 0.5) is 0 Å². The first kappa shape index (κ1) is 12.2. The monoisotopic (exact) mass is 253 g/mol. The van der Waals surface area contributed by atoms with Crippen molar-refractivity contribution in [2.75, 3.05) is 0 Å². The predicted octanol–water partition coefficient (Wildman–Crippen LogP) is 3.77. The van der Waals surface area contributed by atoms with E-state index in [-0.39, 0.29) is 12.1 Å². The van der Waals surface area contributed by atoms with Gasteiger partial charge in [-0.1, -0.05) is 49.4 Å². The average Bonchev–Trinajstić information content (AvgIpc) is 2.47. The summed E-state index contributed by atoms with van der Waals surface area (Å²) in [6.07, 6.45) is 1.93. The molecule has 1 aliphatic rings. The number of hydrogen-bond acceptors (Lipinski definition) is 2. The molecule has 0 aromatic heterocycles. The highest BCUT2D eigenvalue weighted by molar-refractivity contribution is 5.40. The Kier molecular flexibility index (Phi) is 3.26. The molecule has 98 valence electrons. The van der Waals surface area contributed by atoms with Gasteiger partial charge < -0.3 is 10.5 Å². The number of ether oxygens (including phenoxy) is 1. The Morgan fingerprint density at radius 3 is 2.53 bits per heavy atom. The molecule has 0 bridgehead atoms. The minimum Gasteiger partial charge on any atom is -0.485 e. The summed E-state index contributed by atoms with van der Waals surface area (Å²) in [5.74, 6) is 0.928. The standard InChI is InChI=1S/C17H19NO/c1-2-12-7-3-4-8-13(12)17-11-15(18)14-9-5-6-10-16(14)19-17/h3-10,15,17H,2,11,18H2,1H3. The Hall–Kier alpha value is -1.80. The Labute approximate surface area is 114 Å². The summed E-state index contributed by atoms with van der Waals surface area (Å²) < 4.78 is 6.15. The number of hydrogen-bond donors (Lipinski definition) is 1. The first-order valence-corrected chi connectivity index (χ1v) is 6.88. The van der Waals surface area contributed by atoms with Crippen LogP contribution in [0.2, 0.25) is 0 Å².